The Morgan fingerprint density at radius 2 is 0.889 bits per heavy atom. The normalized spacial score (nSPS) is 10.6. The maximum atomic E-state index is 3.45. The Kier molecular flexibility index (Phi) is 5.87. The third-order valence-electron chi connectivity index (χ3n) is 4.41. The van der Waals surface area contributed by atoms with Gasteiger partial charge in [-0.25, -0.2) is 0 Å². The molecule has 3 aromatic rings. The average molecular weight is 361 g/mol. The molecule has 0 fully saturated rings. The van der Waals surface area contributed by atoms with Crippen molar-refractivity contribution in [1.82, 2.24) is 0 Å². The summed E-state index contributed by atoms with van der Waals surface area (Å²) in [6.45, 7) is 4.29. The molecule has 0 saturated heterocycles. The van der Waals surface area contributed by atoms with Crippen molar-refractivity contribution in [2.45, 2.75) is 19.9 Å². The second-order valence-corrected chi connectivity index (χ2v) is 6.78. The highest BCUT2D eigenvalue weighted by Gasteiger charge is 2.12. The smallest absolute Gasteiger partial charge is 0.0463 e. The fourth-order valence-corrected chi connectivity index (χ4v) is 3.04. The zero-order valence-corrected chi connectivity index (χ0v) is 16.5. The molecule has 27 heavy (non-hydrogen) atoms. The molecule has 3 rings (SSSR count). The fraction of sp³-hybridized carbons (Fsp3) is 0.217. The van der Waals surface area contributed by atoms with Gasteiger partial charge in [-0.15, -0.1) is 0 Å². The predicted molar refractivity (Wildman–Crippen MR) is 119 cm³/mol. The molecule has 0 aromatic heterocycles. The van der Waals surface area contributed by atoms with Gasteiger partial charge < -0.3 is 20.9 Å². The molecular formula is C23H28N4. The lowest BCUT2D eigenvalue weighted by Gasteiger charge is -2.26. The standard InChI is InChI=1S/C23H28N4/c1-17(2)26-20-9-15-23(16-10-20)27(21-11-5-18(24-3)6-12-21)22-13-7-19(25-4)8-14-22/h5-17,24-26H,1-4H3. The van der Waals surface area contributed by atoms with Gasteiger partial charge in [-0.2, -0.15) is 0 Å². The van der Waals surface area contributed by atoms with E-state index in [1.807, 2.05) is 14.1 Å². The summed E-state index contributed by atoms with van der Waals surface area (Å²) in [5.41, 5.74) is 6.69. The molecular weight excluding hydrogens is 332 g/mol. The van der Waals surface area contributed by atoms with Crippen molar-refractivity contribution >= 4 is 34.1 Å². The molecule has 0 heterocycles. The summed E-state index contributed by atoms with van der Waals surface area (Å²) in [4.78, 5) is 2.26. The van der Waals surface area contributed by atoms with Crippen molar-refractivity contribution in [3.8, 4) is 0 Å². The molecule has 0 unspecified atom stereocenters. The van der Waals surface area contributed by atoms with Gasteiger partial charge in [-0.05, 0) is 86.6 Å². The Morgan fingerprint density at radius 1 is 0.556 bits per heavy atom. The molecule has 0 aliphatic rings. The zero-order valence-electron chi connectivity index (χ0n) is 16.5. The molecule has 0 aliphatic heterocycles. The molecule has 140 valence electrons. The molecule has 0 amide bonds. The van der Waals surface area contributed by atoms with Gasteiger partial charge in [0.05, 0.1) is 0 Å². The van der Waals surface area contributed by atoms with Crippen molar-refractivity contribution in [3.63, 3.8) is 0 Å². The summed E-state index contributed by atoms with van der Waals surface area (Å²) in [7, 11) is 3.87. The van der Waals surface area contributed by atoms with Crippen LogP contribution < -0.4 is 20.9 Å². The van der Waals surface area contributed by atoms with Crippen LogP contribution in [0.3, 0.4) is 0 Å². The fourth-order valence-electron chi connectivity index (χ4n) is 3.04. The Balaban J connectivity index is 2.00. The maximum Gasteiger partial charge on any atom is 0.0463 e. The lowest BCUT2D eigenvalue weighted by atomic mass is 10.1. The third-order valence-corrected chi connectivity index (χ3v) is 4.41. The molecule has 0 bridgehead atoms. The third kappa shape index (κ3) is 4.53. The first-order chi connectivity index (χ1) is 13.1. The number of anilines is 6. The van der Waals surface area contributed by atoms with Gasteiger partial charge >= 0.3 is 0 Å². The van der Waals surface area contributed by atoms with Crippen molar-refractivity contribution in [3.05, 3.63) is 72.8 Å². The maximum absolute atomic E-state index is 3.45. The Labute approximate surface area is 162 Å². The number of nitrogens with zero attached hydrogens (tertiary/aromatic N) is 1. The summed E-state index contributed by atoms with van der Waals surface area (Å²) < 4.78 is 0. The van der Waals surface area contributed by atoms with Crippen LogP contribution in [0.2, 0.25) is 0 Å². The molecule has 0 spiro atoms. The first-order valence-corrected chi connectivity index (χ1v) is 9.33. The number of nitrogens with one attached hydrogen (secondary N) is 3. The largest absolute Gasteiger partial charge is 0.388 e. The number of hydrogen-bond donors (Lipinski definition) is 3. The Hall–Kier alpha value is -3.14. The Bertz CT molecular complexity index is 790. The SMILES string of the molecule is CNc1ccc(N(c2ccc(NC)cc2)c2ccc(NC(C)C)cc2)cc1. The summed E-state index contributed by atoms with van der Waals surface area (Å²) in [6.07, 6.45) is 0. The van der Waals surface area contributed by atoms with E-state index in [0.29, 0.717) is 6.04 Å². The van der Waals surface area contributed by atoms with Crippen LogP contribution in [0.1, 0.15) is 13.8 Å². The Morgan fingerprint density at radius 3 is 1.19 bits per heavy atom. The van der Waals surface area contributed by atoms with Crippen LogP contribution in [0, 0.1) is 0 Å². The minimum absolute atomic E-state index is 0.412. The summed E-state index contributed by atoms with van der Waals surface area (Å²) in [6, 6.07) is 25.9. The molecule has 4 heteroatoms. The van der Waals surface area contributed by atoms with Crippen LogP contribution in [0.4, 0.5) is 34.1 Å². The number of rotatable bonds is 7. The molecule has 0 radical (unpaired) electrons. The van der Waals surface area contributed by atoms with E-state index >= 15 is 0 Å². The molecule has 0 aliphatic carbocycles. The van der Waals surface area contributed by atoms with Crippen molar-refractivity contribution in [1.29, 1.82) is 0 Å². The van der Waals surface area contributed by atoms with Crippen molar-refractivity contribution in [2.75, 3.05) is 34.9 Å². The van der Waals surface area contributed by atoms with E-state index in [0.717, 1.165) is 34.1 Å². The second kappa shape index (κ2) is 8.49. The quantitative estimate of drug-likeness (QED) is 0.479. The zero-order chi connectivity index (χ0) is 19.2. The lowest BCUT2D eigenvalue weighted by Crippen LogP contribution is -2.11. The van der Waals surface area contributed by atoms with Crippen LogP contribution in [0.15, 0.2) is 72.8 Å². The first kappa shape index (κ1) is 18.6. The predicted octanol–water partition coefficient (Wildman–Crippen LogP) is 6.06. The van der Waals surface area contributed by atoms with E-state index in [1.165, 1.54) is 0 Å². The summed E-state index contributed by atoms with van der Waals surface area (Å²) in [5, 5.41) is 9.80. The van der Waals surface area contributed by atoms with E-state index in [1.54, 1.807) is 0 Å². The highest BCUT2D eigenvalue weighted by Crippen LogP contribution is 2.36. The van der Waals surface area contributed by atoms with E-state index in [2.05, 4.69) is 107 Å². The van der Waals surface area contributed by atoms with E-state index in [9.17, 15) is 0 Å². The van der Waals surface area contributed by atoms with Crippen LogP contribution >= 0.6 is 0 Å². The van der Waals surface area contributed by atoms with Gasteiger partial charge in [-0.1, -0.05) is 0 Å². The molecule has 0 atom stereocenters. The molecule has 3 N–H and O–H groups in total. The molecule has 4 nitrogen and oxygen atoms in total. The summed E-state index contributed by atoms with van der Waals surface area (Å²) in [5.74, 6) is 0. The van der Waals surface area contributed by atoms with Gasteiger partial charge in [-0.3, -0.25) is 0 Å². The average Bonchev–Trinajstić information content (AvgIpc) is 2.70. The lowest BCUT2D eigenvalue weighted by molar-refractivity contribution is 0.900. The summed E-state index contributed by atoms with van der Waals surface area (Å²) >= 11 is 0. The van der Waals surface area contributed by atoms with Crippen LogP contribution in [0.5, 0.6) is 0 Å². The van der Waals surface area contributed by atoms with E-state index in [-0.39, 0.29) is 0 Å². The highest BCUT2D eigenvalue weighted by atomic mass is 15.1. The van der Waals surface area contributed by atoms with Gasteiger partial charge in [0.25, 0.3) is 0 Å². The van der Waals surface area contributed by atoms with Crippen LogP contribution in [-0.4, -0.2) is 20.1 Å². The van der Waals surface area contributed by atoms with Crippen LogP contribution in [0.25, 0.3) is 0 Å². The first-order valence-electron chi connectivity index (χ1n) is 9.33. The van der Waals surface area contributed by atoms with E-state index in [4.69, 9.17) is 0 Å². The monoisotopic (exact) mass is 360 g/mol. The van der Waals surface area contributed by atoms with Crippen molar-refractivity contribution in [2.24, 2.45) is 0 Å². The van der Waals surface area contributed by atoms with Gasteiger partial charge in [0.15, 0.2) is 0 Å². The minimum atomic E-state index is 0.412. The number of benzene rings is 3. The van der Waals surface area contributed by atoms with Gasteiger partial charge in [0.1, 0.15) is 0 Å². The topological polar surface area (TPSA) is 39.3 Å². The van der Waals surface area contributed by atoms with Gasteiger partial charge in [0, 0.05) is 54.3 Å². The second-order valence-electron chi connectivity index (χ2n) is 6.78. The molecule has 0 saturated carbocycles. The number of hydrogen-bond acceptors (Lipinski definition) is 4. The highest BCUT2D eigenvalue weighted by molar-refractivity contribution is 5.78. The van der Waals surface area contributed by atoms with Crippen LogP contribution in [-0.2, 0) is 0 Å². The van der Waals surface area contributed by atoms with Gasteiger partial charge in [0.2, 0.25) is 0 Å². The van der Waals surface area contributed by atoms with Crippen molar-refractivity contribution < 1.29 is 0 Å². The molecule has 3 aromatic carbocycles. The van der Waals surface area contributed by atoms with E-state index < -0.39 is 0 Å². The minimum Gasteiger partial charge on any atom is -0.388 e.